The zero-order valence-electron chi connectivity index (χ0n) is 16.1. The zero-order valence-corrected chi connectivity index (χ0v) is 16.1. The summed E-state index contributed by atoms with van der Waals surface area (Å²) < 4.78 is 170. The van der Waals surface area contributed by atoms with Gasteiger partial charge < -0.3 is 23.7 Å². The number of ether oxygens (including phenoxy) is 5. The third-order valence-corrected chi connectivity index (χ3v) is 3.61. The van der Waals surface area contributed by atoms with Crippen molar-refractivity contribution in [2.45, 2.75) is 62.3 Å². The minimum absolute atomic E-state index is 0.457. The lowest BCUT2D eigenvalue weighted by molar-refractivity contribution is -0.314. The summed E-state index contributed by atoms with van der Waals surface area (Å²) in [6.07, 6.45) is -39.3. The molecule has 1 aliphatic heterocycles. The molecule has 0 aromatic carbocycles. The quantitative estimate of drug-likeness (QED) is 0.297. The van der Waals surface area contributed by atoms with E-state index in [1.54, 1.807) is 0 Å². The number of esters is 4. The second-order valence-corrected chi connectivity index (χ2v) is 6.22. The molecule has 1 heterocycles. The average molecular weight is 548 g/mol. The van der Waals surface area contributed by atoms with Gasteiger partial charge in [-0.15, -0.1) is 0 Å². The number of alkyl halides is 12. The first-order valence-electron chi connectivity index (χ1n) is 8.23. The summed E-state index contributed by atoms with van der Waals surface area (Å²) in [5, 5.41) is 0. The first-order valence-corrected chi connectivity index (χ1v) is 8.23. The van der Waals surface area contributed by atoms with E-state index in [0.717, 1.165) is 0 Å². The fourth-order valence-corrected chi connectivity index (χ4v) is 2.23. The van der Waals surface area contributed by atoms with Gasteiger partial charge in [0.2, 0.25) is 12.4 Å². The van der Waals surface area contributed by atoms with Crippen LogP contribution in [0.2, 0.25) is 0 Å². The molecule has 0 aromatic rings. The molecule has 1 aliphatic rings. The van der Waals surface area contributed by atoms with Gasteiger partial charge in [-0.05, 0) is 6.92 Å². The van der Waals surface area contributed by atoms with E-state index in [4.69, 9.17) is 0 Å². The van der Waals surface area contributed by atoms with E-state index in [1.807, 2.05) is 0 Å². The third kappa shape index (κ3) is 8.02. The Morgan fingerprint density at radius 2 is 0.800 bits per heavy atom. The molecule has 202 valence electrons. The Morgan fingerprint density at radius 1 is 0.514 bits per heavy atom. The molecule has 0 unspecified atom stereocenters. The largest absolute Gasteiger partial charge is 0.491 e. The van der Waals surface area contributed by atoms with Crippen LogP contribution in [-0.4, -0.2) is 79.3 Å². The van der Waals surface area contributed by atoms with Crippen molar-refractivity contribution in [1.82, 2.24) is 0 Å². The molecule has 0 spiro atoms. The fraction of sp³-hybridized carbons (Fsp3) is 0.714. The number of halogens is 12. The minimum atomic E-state index is -6.04. The molecule has 0 saturated carbocycles. The SMILES string of the molecule is C[C@@H]1O[C@@H](OC(=O)C(F)(F)F)[C@H](OC(=O)C(F)(F)F)[C@H](OC(=O)C(F)(F)F)[C@H]1OC(=O)C(F)(F)F. The molecule has 0 aliphatic carbocycles. The van der Waals surface area contributed by atoms with Gasteiger partial charge in [0.05, 0.1) is 6.10 Å². The van der Waals surface area contributed by atoms with E-state index >= 15 is 0 Å². The van der Waals surface area contributed by atoms with Crippen LogP contribution in [0.1, 0.15) is 6.92 Å². The zero-order chi connectivity index (χ0) is 27.7. The van der Waals surface area contributed by atoms with Crippen LogP contribution in [0.3, 0.4) is 0 Å². The first-order chi connectivity index (χ1) is 15.5. The second-order valence-electron chi connectivity index (χ2n) is 6.22. The molecule has 0 aromatic heterocycles. The van der Waals surface area contributed by atoms with Crippen LogP contribution in [0.15, 0.2) is 0 Å². The van der Waals surface area contributed by atoms with E-state index in [-0.39, 0.29) is 0 Å². The van der Waals surface area contributed by atoms with E-state index in [1.165, 1.54) is 0 Å². The Hall–Kier alpha value is -3.00. The summed E-state index contributed by atoms with van der Waals surface area (Å²) in [5.74, 6) is -13.3. The summed E-state index contributed by atoms with van der Waals surface area (Å²) in [6, 6.07) is 0. The summed E-state index contributed by atoms with van der Waals surface area (Å²) in [4.78, 5) is 44.5. The Balaban J connectivity index is 3.56. The molecule has 1 rings (SSSR count). The van der Waals surface area contributed by atoms with Gasteiger partial charge in [-0.1, -0.05) is 0 Å². The van der Waals surface area contributed by atoms with Crippen molar-refractivity contribution in [2.75, 3.05) is 0 Å². The lowest BCUT2D eigenvalue weighted by atomic mass is 9.98. The van der Waals surface area contributed by atoms with Gasteiger partial charge in [-0.25, -0.2) is 19.2 Å². The predicted molar refractivity (Wildman–Crippen MR) is 74.3 cm³/mol. The molecule has 9 nitrogen and oxygen atoms in total. The molecule has 21 heteroatoms. The summed E-state index contributed by atoms with van der Waals surface area (Å²) >= 11 is 0. The lowest BCUT2D eigenvalue weighted by Gasteiger charge is -2.43. The molecule has 0 radical (unpaired) electrons. The molecule has 0 N–H and O–H groups in total. The van der Waals surface area contributed by atoms with Gasteiger partial charge in [0.25, 0.3) is 0 Å². The van der Waals surface area contributed by atoms with Crippen LogP contribution >= 0.6 is 0 Å². The fourth-order valence-electron chi connectivity index (χ4n) is 2.23. The van der Waals surface area contributed by atoms with Crippen molar-refractivity contribution in [3.63, 3.8) is 0 Å². The summed E-state index contributed by atoms with van der Waals surface area (Å²) in [6.45, 7) is 0.457. The molecular weight excluding hydrogens is 540 g/mol. The van der Waals surface area contributed by atoms with Crippen molar-refractivity contribution in [3.05, 3.63) is 0 Å². The van der Waals surface area contributed by atoms with Crippen molar-refractivity contribution >= 4 is 23.9 Å². The number of rotatable bonds is 4. The summed E-state index contributed by atoms with van der Waals surface area (Å²) in [7, 11) is 0. The Kier molecular flexibility index (Phi) is 8.52. The minimum Gasteiger partial charge on any atom is -0.449 e. The Morgan fingerprint density at radius 3 is 1.14 bits per heavy atom. The molecule has 1 fully saturated rings. The number of hydrogen-bond acceptors (Lipinski definition) is 9. The first kappa shape index (κ1) is 30.0. The molecule has 0 amide bonds. The van der Waals surface area contributed by atoms with E-state index in [2.05, 4.69) is 23.7 Å². The topological polar surface area (TPSA) is 114 Å². The van der Waals surface area contributed by atoms with Crippen LogP contribution in [0.5, 0.6) is 0 Å². The monoisotopic (exact) mass is 548 g/mol. The van der Waals surface area contributed by atoms with Gasteiger partial charge in [0.15, 0.2) is 12.2 Å². The van der Waals surface area contributed by atoms with Crippen LogP contribution in [0.25, 0.3) is 0 Å². The molecule has 35 heavy (non-hydrogen) atoms. The van der Waals surface area contributed by atoms with Crippen LogP contribution in [-0.2, 0) is 42.9 Å². The smallest absolute Gasteiger partial charge is 0.449 e. The van der Waals surface area contributed by atoms with Crippen molar-refractivity contribution in [1.29, 1.82) is 0 Å². The second kappa shape index (κ2) is 9.93. The Bertz CT molecular complexity index is 829. The standard InChI is InChI=1S/C14H8F12O9/c1-2-3(32-7(27)11(15,16)17)4(33-8(28)12(18,19)20)5(34-9(29)13(21,22)23)6(31-2)35-10(30)14(24,25)26/h2-6H,1H3/t2-,3-,4+,5+,6-/m0/s1. The highest BCUT2D eigenvalue weighted by Gasteiger charge is 2.59. The maximum atomic E-state index is 12.6. The van der Waals surface area contributed by atoms with Gasteiger partial charge in [0.1, 0.15) is 0 Å². The van der Waals surface area contributed by atoms with Crippen LogP contribution in [0, 0.1) is 0 Å². The highest BCUT2D eigenvalue weighted by atomic mass is 19.4. The maximum Gasteiger partial charge on any atom is 0.491 e. The molecular formula is C14H8F12O9. The highest BCUT2D eigenvalue weighted by molar-refractivity contribution is 5.78. The van der Waals surface area contributed by atoms with Gasteiger partial charge in [-0.3, -0.25) is 0 Å². The van der Waals surface area contributed by atoms with Gasteiger partial charge >= 0.3 is 48.6 Å². The number of carbonyl (C=O) groups excluding carboxylic acids is 4. The maximum absolute atomic E-state index is 12.6. The average Bonchev–Trinajstić information content (AvgIpc) is 2.63. The molecule has 0 bridgehead atoms. The Labute approximate surface area is 183 Å². The molecule has 5 atom stereocenters. The molecule has 1 saturated heterocycles. The third-order valence-electron chi connectivity index (χ3n) is 3.61. The van der Waals surface area contributed by atoms with Crippen molar-refractivity contribution in [2.24, 2.45) is 0 Å². The van der Waals surface area contributed by atoms with Crippen molar-refractivity contribution < 1.29 is 95.5 Å². The predicted octanol–water partition coefficient (Wildman–Crippen LogP) is 2.26. The highest BCUT2D eigenvalue weighted by Crippen LogP contribution is 2.34. The summed E-state index contributed by atoms with van der Waals surface area (Å²) in [5.41, 5.74) is 0. The van der Waals surface area contributed by atoms with E-state index in [0.29, 0.717) is 6.92 Å². The van der Waals surface area contributed by atoms with Crippen molar-refractivity contribution in [3.8, 4) is 0 Å². The number of hydrogen-bond donors (Lipinski definition) is 0. The lowest BCUT2D eigenvalue weighted by Crippen LogP contribution is -2.63. The van der Waals surface area contributed by atoms with E-state index < -0.39 is 79.3 Å². The van der Waals surface area contributed by atoms with Gasteiger partial charge in [-0.2, -0.15) is 52.7 Å². The van der Waals surface area contributed by atoms with Crippen LogP contribution in [0.4, 0.5) is 52.7 Å². The van der Waals surface area contributed by atoms with Gasteiger partial charge in [0, 0.05) is 0 Å². The number of carbonyl (C=O) groups is 4. The van der Waals surface area contributed by atoms with E-state index in [9.17, 15) is 71.9 Å². The van der Waals surface area contributed by atoms with Crippen LogP contribution < -0.4 is 0 Å². The normalized spacial score (nSPS) is 25.9.